The third-order valence-corrected chi connectivity index (χ3v) is 3.62. The van der Waals surface area contributed by atoms with Gasteiger partial charge in [-0.05, 0) is 31.5 Å². The molecule has 0 aliphatic carbocycles. The molecule has 1 unspecified atom stereocenters. The van der Waals surface area contributed by atoms with Gasteiger partial charge in [0.05, 0.1) is 5.56 Å². The molecule has 1 rings (SSSR count). The molecular weight excluding hydrogens is 262 g/mol. The molecular formula is C17H29N3O. The SMILES string of the molecule is CCCCCCC(C)NC(=O)c1cc(N)ccc1N(C)C. The van der Waals surface area contributed by atoms with E-state index >= 15 is 0 Å². The first-order valence-corrected chi connectivity index (χ1v) is 7.83. The predicted molar refractivity (Wildman–Crippen MR) is 90.9 cm³/mol. The lowest BCUT2D eigenvalue weighted by atomic mass is 10.1. The van der Waals surface area contributed by atoms with Gasteiger partial charge in [-0.15, -0.1) is 0 Å². The number of carbonyl (C=O) groups excluding carboxylic acids is 1. The van der Waals surface area contributed by atoms with Gasteiger partial charge in [-0.3, -0.25) is 4.79 Å². The van der Waals surface area contributed by atoms with E-state index in [1.807, 2.05) is 31.1 Å². The zero-order valence-electron chi connectivity index (χ0n) is 13.8. The van der Waals surface area contributed by atoms with E-state index < -0.39 is 0 Å². The largest absolute Gasteiger partial charge is 0.399 e. The minimum Gasteiger partial charge on any atom is -0.399 e. The van der Waals surface area contributed by atoms with Crippen molar-refractivity contribution in [2.45, 2.75) is 52.0 Å². The molecule has 0 spiro atoms. The number of unbranched alkanes of at least 4 members (excludes halogenated alkanes) is 3. The van der Waals surface area contributed by atoms with Crippen molar-refractivity contribution in [1.29, 1.82) is 0 Å². The lowest BCUT2D eigenvalue weighted by Crippen LogP contribution is -2.33. The van der Waals surface area contributed by atoms with Crippen molar-refractivity contribution in [1.82, 2.24) is 5.32 Å². The fraction of sp³-hybridized carbons (Fsp3) is 0.588. The molecule has 0 aromatic heterocycles. The number of anilines is 2. The maximum absolute atomic E-state index is 12.4. The first-order chi connectivity index (χ1) is 9.95. The highest BCUT2D eigenvalue weighted by molar-refractivity contribution is 6.00. The number of nitrogen functional groups attached to an aromatic ring is 1. The van der Waals surface area contributed by atoms with Gasteiger partial charge in [-0.2, -0.15) is 0 Å². The van der Waals surface area contributed by atoms with E-state index in [0.29, 0.717) is 11.3 Å². The molecule has 0 fully saturated rings. The molecule has 4 nitrogen and oxygen atoms in total. The van der Waals surface area contributed by atoms with Crippen LogP contribution in [0.2, 0.25) is 0 Å². The number of nitrogens with two attached hydrogens (primary N) is 1. The number of rotatable bonds is 8. The van der Waals surface area contributed by atoms with Crippen LogP contribution in [0.5, 0.6) is 0 Å². The number of carbonyl (C=O) groups is 1. The third-order valence-electron chi connectivity index (χ3n) is 3.62. The van der Waals surface area contributed by atoms with Crippen molar-refractivity contribution in [2.75, 3.05) is 24.7 Å². The average Bonchev–Trinajstić information content (AvgIpc) is 2.43. The molecule has 0 saturated carbocycles. The Kier molecular flexibility index (Phi) is 7.06. The number of nitrogens with one attached hydrogen (secondary N) is 1. The van der Waals surface area contributed by atoms with Crippen molar-refractivity contribution in [2.24, 2.45) is 0 Å². The Bertz CT molecular complexity index is 457. The molecule has 1 aromatic carbocycles. The van der Waals surface area contributed by atoms with E-state index in [9.17, 15) is 4.79 Å². The maximum Gasteiger partial charge on any atom is 0.253 e. The highest BCUT2D eigenvalue weighted by Crippen LogP contribution is 2.21. The number of amides is 1. The van der Waals surface area contributed by atoms with Gasteiger partial charge >= 0.3 is 0 Å². The molecule has 21 heavy (non-hydrogen) atoms. The van der Waals surface area contributed by atoms with E-state index in [1.54, 1.807) is 6.07 Å². The lowest BCUT2D eigenvalue weighted by Gasteiger charge is -2.19. The van der Waals surface area contributed by atoms with Crippen LogP contribution in [-0.2, 0) is 0 Å². The van der Waals surface area contributed by atoms with E-state index in [2.05, 4.69) is 19.2 Å². The van der Waals surface area contributed by atoms with Gasteiger partial charge in [0.1, 0.15) is 0 Å². The minimum absolute atomic E-state index is 0.0472. The Hall–Kier alpha value is -1.71. The molecule has 118 valence electrons. The van der Waals surface area contributed by atoms with Crippen LogP contribution in [0.3, 0.4) is 0 Å². The van der Waals surface area contributed by atoms with Gasteiger partial charge < -0.3 is 16.0 Å². The van der Waals surface area contributed by atoms with Crippen molar-refractivity contribution in [3.63, 3.8) is 0 Å². The van der Waals surface area contributed by atoms with Gasteiger partial charge in [-0.25, -0.2) is 0 Å². The van der Waals surface area contributed by atoms with E-state index in [-0.39, 0.29) is 11.9 Å². The van der Waals surface area contributed by atoms with Crippen LogP contribution in [0.15, 0.2) is 18.2 Å². The topological polar surface area (TPSA) is 58.4 Å². The Morgan fingerprint density at radius 3 is 2.62 bits per heavy atom. The summed E-state index contributed by atoms with van der Waals surface area (Å²) in [5.41, 5.74) is 7.95. The second-order valence-corrected chi connectivity index (χ2v) is 5.89. The summed E-state index contributed by atoms with van der Waals surface area (Å²) in [5, 5.41) is 3.07. The van der Waals surface area contributed by atoms with E-state index in [0.717, 1.165) is 18.5 Å². The van der Waals surface area contributed by atoms with Crippen LogP contribution in [0.25, 0.3) is 0 Å². The van der Waals surface area contributed by atoms with Crippen molar-refractivity contribution < 1.29 is 4.79 Å². The smallest absolute Gasteiger partial charge is 0.253 e. The predicted octanol–water partition coefficient (Wildman–Crippen LogP) is 3.42. The second-order valence-electron chi connectivity index (χ2n) is 5.89. The molecule has 0 bridgehead atoms. The molecule has 0 radical (unpaired) electrons. The molecule has 0 aliphatic heterocycles. The minimum atomic E-state index is -0.0472. The quantitative estimate of drug-likeness (QED) is 0.570. The van der Waals surface area contributed by atoms with Crippen molar-refractivity contribution in [3.8, 4) is 0 Å². The fourth-order valence-corrected chi connectivity index (χ4v) is 2.38. The molecule has 0 heterocycles. The average molecular weight is 291 g/mol. The molecule has 1 amide bonds. The van der Waals surface area contributed by atoms with Crippen molar-refractivity contribution >= 4 is 17.3 Å². The standard InChI is InChI=1S/C17H29N3O/c1-5-6-7-8-9-13(2)19-17(21)15-12-14(18)10-11-16(15)20(3)4/h10-13H,5-9,18H2,1-4H3,(H,19,21). The van der Waals surface area contributed by atoms with Crippen LogP contribution in [-0.4, -0.2) is 26.0 Å². The van der Waals surface area contributed by atoms with Gasteiger partial charge in [-0.1, -0.05) is 32.6 Å². The Morgan fingerprint density at radius 2 is 2.00 bits per heavy atom. The summed E-state index contributed by atoms with van der Waals surface area (Å²) in [6.07, 6.45) is 5.91. The van der Waals surface area contributed by atoms with Gasteiger partial charge in [0.2, 0.25) is 0 Å². The van der Waals surface area contributed by atoms with Gasteiger partial charge in [0.15, 0.2) is 0 Å². The van der Waals surface area contributed by atoms with Crippen LogP contribution >= 0.6 is 0 Å². The maximum atomic E-state index is 12.4. The molecule has 0 aliphatic rings. The molecule has 1 atom stereocenters. The summed E-state index contributed by atoms with van der Waals surface area (Å²) >= 11 is 0. The summed E-state index contributed by atoms with van der Waals surface area (Å²) in [5.74, 6) is -0.0472. The Morgan fingerprint density at radius 1 is 1.29 bits per heavy atom. The Balaban J connectivity index is 2.64. The summed E-state index contributed by atoms with van der Waals surface area (Å²) in [7, 11) is 3.85. The second kappa shape index (κ2) is 8.55. The lowest BCUT2D eigenvalue weighted by molar-refractivity contribution is 0.0938. The molecule has 1 aromatic rings. The van der Waals surface area contributed by atoms with Crippen LogP contribution in [0.4, 0.5) is 11.4 Å². The number of nitrogens with zero attached hydrogens (tertiary/aromatic N) is 1. The summed E-state index contributed by atoms with van der Waals surface area (Å²) in [6, 6.07) is 5.64. The zero-order valence-corrected chi connectivity index (χ0v) is 13.8. The first-order valence-electron chi connectivity index (χ1n) is 7.83. The fourth-order valence-electron chi connectivity index (χ4n) is 2.38. The number of benzene rings is 1. The number of hydrogen-bond donors (Lipinski definition) is 2. The van der Waals surface area contributed by atoms with E-state index in [1.165, 1.54) is 19.3 Å². The summed E-state index contributed by atoms with van der Waals surface area (Å²) in [4.78, 5) is 14.4. The zero-order chi connectivity index (χ0) is 15.8. The molecule has 3 N–H and O–H groups in total. The summed E-state index contributed by atoms with van der Waals surface area (Å²) in [6.45, 7) is 4.26. The van der Waals surface area contributed by atoms with Gasteiger partial charge in [0, 0.05) is 31.5 Å². The highest BCUT2D eigenvalue weighted by Gasteiger charge is 2.15. The Labute approximate surface area is 128 Å². The van der Waals surface area contributed by atoms with Crippen LogP contribution in [0.1, 0.15) is 56.3 Å². The molecule has 4 heteroatoms. The number of hydrogen-bond acceptors (Lipinski definition) is 3. The highest BCUT2D eigenvalue weighted by atomic mass is 16.1. The first kappa shape index (κ1) is 17.3. The van der Waals surface area contributed by atoms with Crippen LogP contribution in [0, 0.1) is 0 Å². The molecule has 0 saturated heterocycles. The van der Waals surface area contributed by atoms with Gasteiger partial charge in [0.25, 0.3) is 5.91 Å². The van der Waals surface area contributed by atoms with Crippen molar-refractivity contribution in [3.05, 3.63) is 23.8 Å². The van der Waals surface area contributed by atoms with Crippen LogP contribution < -0.4 is 16.0 Å². The van der Waals surface area contributed by atoms with E-state index in [4.69, 9.17) is 5.73 Å². The third kappa shape index (κ3) is 5.66. The monoisotopic (exact) mass is 291 g/mol. The summed E-state index contributed by atoms with van der Waals surface area (Å²) < 4.78 is 0. The normalized spacial score (nSPS) is 12.0.